The van der Waals surface area contributed by atoms with Crippen LogP contribution >= 0.6 is 67.9 Å². The van der Waals surface area contributed by atoms with Crippen molar-refractivity contribution in [2.24, 2.45) is 9.98 Å². The van der Waals surface area contributed by atoms with E-state index in [1.165, 1.54) is 50.1 Å². The molecule has 292 valence electrons. The zero-order valence-electron chi connectivity index (χ0n) is 31.7. The predicted octanol–water partition coefficient (Wildman–Crippen LogP) is 14.4. The minimum atomic E-state index is 0. The molecule has 0 aliphatic rings. The van der Waals surface area contributed by atoms with E-state index in [1.807, 2.05) is 61.2 Å². The Hall–Kier alpha value is -1.46. The molecule has 0 saturated heterocycles. The van der Waals surface area contributed by atoms with Crippen LogP contribution < -0.4 is 0 Å². The molecule has 3 aromatic carbocycles. The van der Waals surface area contributed by atoms with Gasteiger partial charge < -0.3 is 0 Å². The van der Waals surface area contributed by atoms with E-state index in [2.05, 4.69) is 115 Å². The second kappa shape index (κ2) is 24.9. The average molecular weight is 1160 g/mol. The van der Waals surface area contributed by atoms with Gasteiger partial charge in [-0.25, -0.2) is 0 Å². The number of hydrogen-bond donors (Lipinski definition) is 0. The fraction of sp³-hybridized carbons (Fsp3) is 0.302. The first-order valence-electron chi connectivity index (χ1n) is 16.9. The Bertz CT molecular complexity index is 1860. The van der Waals surface area contributed by atoms with Gasteiger partial charge in [0.15, 0.2) is 0 Å². The van der Waals surface area contributed by atoms with Crippen LogP contribution in [0.3, 0.4) is 0 Å². The van der Waals surface area contributed by atoms with Crippen LogP contribution in [0.5, 0.6) is 0 Å². The molecule has 4 nitrogen and oxygen atoms in total. The van der Waals surface area contributed by atoms with Crippen molar-refractivity contribution >= 4 is 91.7 Å². The first-order valence-corrected chi connectivity index (χ1v) is 16.9. The molecule has 0 spiro atoms. The van der Waals surface area contributed by atoms with Crippen molar-refractivity contribution in [1.82, 2.24) is 9.97 Å². The Labute approximate surface area is 387 Å². The molecule has 0 saturated carbocycles. The standard InChI is InChI=1S/C43H48N4.4BrH.2Pd/c1-27(2)37-21-33(22-38(28(3)4)42(37)46-25-35-14-10-12-18-44-35)32-17-16-31(9)41(20-32)34-23-39(29(5)6)43(40(24-34)30(7)8)47-26-36-15-11-13-19-45-36;;;;;;/h10-30H,1-9H3;4*1H;;. The summed E-state index contributed by atoms with van der Waals surface area (Å²) in [6.45, 7) is 20.2. The monoisotopic (exact) mass is 1150 g/mol. The third-order valence-electron chi connectivity index (χ3n) is 8.74. The van der Waals surface area contributed by atoms with Gasteiger partial charge in [-0.3, -0.25) is 20.0 Å². The Morgan fingerprint density at radius 2 is 0.849 bits per heavy atom. The van der Waals surface area contributed by atoms with Crippen LogP contribution in [0.2, 0.25) is 0 Å². The molecule has 0 atom stereocenters. The molecule has 5 rings (SSSR count). The number of nitrogens with zero attached hydrogens (tertiary/aromatic N) is 4. The van der Waals surface area contributed by atoms with Gasteiger partial charge in [0.25, 0.3) is 0 Å². The maximum atomic E-state index is 5.03. The van der Waals surface area contributed by atoms with Crippen molar-refractivity contribution in [3.8, 4) is 22.3 Å². The normalized spacial score (nSPS) is 10.7. The van der Waals surface area contributed by atoms with Gasteiger partial charge in [-0.05, 0) is 135 Å². The third-order valence-corrected chi connectivity index (χ3v) is 8.74. The average Bonchev–Trinajstić information content (AvgIpc) is 3.06. The third kappa shape index (κ3) is 13.6. The van der Waals surface area contributed by atoms with E-state index < -0.39 is 0 Å². The van der Waals surface area contributed by atoms with Crippen molar-refractivity contribution in [2.75, 3.05) is 0 Å². The number of rotatable bonds is 10. The second-order valence-corrected chi connectivity index (χ2v) is 13.7. The van der Waals surface area contributed by atoms with Crippen molar-refractivity contribution < 1.29 is 40.8 Å². The molecule has 0 fully saturated rings. The molecule has 0 aliphatic heterocycles. The van der Waals surface area contributed by atoms with E-state index in [0.29, 0.717) is 23.7 Å². The van der Waals surface area contributed by atoms with Gasteiger partial charge >= 0.3 is 0 Å². The molecule has 0 bridgehead atoms. The molecule has 2 heterocycles. The zero-order chi connectivity index (χ0) is 33.7. The molecular formula is C43H52Br4N4Pd2. The van der Waals surface area contributed by atoms with Crippen LogP contribution in [0, 0.1) is 6.92 Å². The van der Waals surface area contributed by atoms with E-state index in [4.69, 9.17) is 9.98 Å². The molecule has 53 heavy (non-hydrogen) atoms. The van der Waals surface area contributed by atoms with Crippen LogP contribution in [0.25, 0.3) is 22.3 Å². The maximum Gasteiger partial charge on any atom is 0.0812 e. The fourth-order valence-electron chi connectivity index (χ4n) is 6.02. The first kappa shape index (κ1) is 53.6. The van der Waals surface area contributed by atoms with Gasteiger partial charge in [0, 0.05) is 53.2 Å². The van der Waals surface area contributed by atoms with Crippen molar-refractivity contribution in [1.29, 1.82) is 0 Å². The van der Waals surface area contributed by atoms with Gasteiger partial charge in [-0.15, -0.1) is 67.9 Å². The van der Waals surface area contributed by atoms with Gasteiger partial charge in [0.05, 0.1) is 35.2 Å². The molecule has 0 aliphatic carbocycles. The number of aromatic nitrogens is 2. The molecule has 0 amide bonds. The summed E-state index contributed by atoms with van der Waals surface area (Å²) < 4.78 is 0. The van der Waals surface area contributed by atoms with Gasteiger partial charge in [0.2, 0.25) is 0 Å². The number of aliphatic imine (C=N–C) groups is 2. The summed E-state index contributed by atoms with van der Waals surface area (Å²) in [5, 5.41) is 0. The maximum absolute atomic E-state index is 5.03. The van der Waals surface area contributed by atoms with Gasteiger partial charge in [-0.1, -0.05) is 79.7 Å². The SMILES string of the molecule is Br.Br.Br.Br.Cc1ccc(-c2cc(C(C)C)c(N=Cc3ccccn3)c(C(C)C)c2)cc1-c1cc(C(C)C)c(N=Cc2ccccn2)c(C(C)C)c1.[Pd].[Pd]. The molecule has 0 radical (unpaired) electrons. The van der Waals surface area contributed by atoms with Crippen LogP contribution in [0.1, 0.15) is 118 Å². The number of pyridine rings is 2. The summed E-state index contributed by atoms with van der Waals surface area (Å²) in [4.78, 5) is 19.0. The van der Waals surface area contributed by atoms with E-state index in [9.17, 15) is 0 Å². The molecular weight excluding hydrogens is 1100 g/mol. The molecule has 2 aromatic heterocycles. The van der Waals surface area contributed by atoms with E-state index in [-0.39, 0.29) is 109 Å². The quantitative estimate of drug-likeness (QED) is 0.103. The topological polar surface area (TPSA) is 50.5 Å². The minimum absolute atomic E-state index is 0. The Morgan fingerprint density at radius 3 is 1.19 bits per heavy atom. The number of benzene rings is 3. The summed E-state index contributed by atoms with van der Waals surface area (Å²) in [7, 11) is 0. The van der Waals surface area contributed by atoms with Crippen molar-refractivity contribution in [3.05, 3.63) is 130 Å². The summed E-state index contributed by atoms with van der Waals surface area (Å²) in [6.07, 6.45) is 7.40. The van der Waals surface area contributed by atoms with Gasteiger partial charge in [-0.2, -0.15) is 0 Å². The minimum Gasteiger partial charge on any atom is -0.255 e. The van der Waals surface area contributed by atoms with Crippen LogP contribution in [-0.2, 0) is 40.8 Å². The Morgan fingerprint density at radius 1 is 0.472 bits per heavy atom. The van der Waals surface area contributed by atoms with Crippen molar-refractivity contribution in [3.63, 3.8) is 0 Å². The summed E-state index contributed by atoms with van der Waals surface area (Å²) >= 11 is 0. The molecule has 0 unspecified atom stereocenters. The number of halogens is 4. The predicted molar refractivity (Wildman–Crippen MR) is 243 cm³/mol. The Kier molecular flexibility index (Phi) is 25.2. The number of aryl methyl sites for hydroxylation is 1. The summed E-state index contributed by atoms with van der Waals surface area (Å²) in [5.41, 5.74) is 15.0. The van der Waals surface area contributed by atoms with Crippen molar-refractivity contribution in [2.45, 2.75) is 86.0 Å². The van der Waals surface area contributed by atoms with Crippen LogP contribution in [0.4, 0.5) is 11.4 Å². The Balaban J connectivity index is 0. The van der Waals surface area contributed by atoms with E-state index in [0.717, 1.165) is 22.8 Å². The molecule has 10 heteroatoms. The summed E-state index contributed by atoms with van der Waals surface area (Å²) in [6, 6.07) is 28.1. The summed E-state index contributed by atoms with van der Waals surface area (Å²) in [5.74, 6) is 1.26. The smallest absolute Gasteiger partial charge is 0.0812 e. The molecule has 0 N–H and O–H groups in total. The largest absolute Gasteiger partial charge is 0.255 e. The van der Waals surface area contributed by atoms with Crippen LogP contribution in [0.15, 0.2) is 101 Å². The molecule has 5 aromatic rings. The van der Waals surface area contributed by atoms with Crippen LogP contribution in [-0.4, -0.2) is 22.4 Å². The van der Waals surface area contributed by atoms with E-state index >= 15 is 0 Å². The van der Waals surface area contributed by atoms with Gasteiger partial charge in [0.1, 0.15) is 0 Å². The van der Waals surface area contributed by atoms with E-state index in [1.54, 1.807) is 0 Å². The second-order valence-electron chi connectivity index (χ2n) is 13.7. The fourth-order valence-corrected chi connectivity index (χ4v) is 6.02. The zero-order valence-corrected chi connectivity index (χ0v) is 41.6. The first-order chi connectivity index (χ1) is 22.5. The number of hydrogen-bond acceptors (Lipinski definition) is 4.